The first-order valence-electron chi connectivity index (χ1n) is 10.2. The van der Waals surface area contributed by atoms with E-state index in [1.54, 1.807) is 19.2 Å². The molecule has 0 unspecified atom stereocenters. The summed E-state index contributed by atoms with van der Waals surface area (Å²) in [6.07, 6.45) is 1.64. The zero-order valence-electron chi connectivity index (χ0n) is 17.4. The second kappa shape index (κ2) is 6.30. The van der Waals surface area contributed by atoms with Gasteiger partial charge in [-0.25, -0.2) is 8.78 Å². The first-order valence-corrected chi connectivity index (χ1v) is 10.2. The third kappa shape index (κ3) is 2.30. The highest BCUT2D eigenvalue weighted by molar-refractivity contribution is 5.64. The molecule has 156 valence electrons. The smallest absolute Gasteiger partial charge is 0.268 e. The molecule has 2 aliphatic rings. The number of hydrogen-bond donors (Lipinski definition) is 0. The van der Waals surface area contributed by atoms with Gasteiger partial charge in [0.2, 0.25) is 0 Å². The molecule has 0 saturated heterocycles. The van der Waals surface area contributed by atoms with Crippen LogP contribution in [0, 0.1) is 28.4 Å². The molecule has 1 fully saturated rings. The highest BCUT2D eigenvalue weighted by atomic mass is 19.1. The van der Waals surface area contributed by atoms with Crippen molar-refractivity contribution < 1.29 is 8.78 Å². The summed E-state index contributed by atoms with van der Waals surface area (Å²) in [7, 11) is 1.67. The topological polar surface area (TPSA) is 71.6 Å². The van der Waals surface area contributed by atoms with E-state index in [1.165, 1.54) is 22.8 Å². The Kier molecular flexibility index (Phi) is 3.97. The Morgan fingerprint density at radius 3 is 2.55 bits per heavy atom. The fraction of sp³-hybridized carbons (Fsp3) is 0.333. The van der Waals surface area contributed by atoms with Crippen molar-refractivity contribution in [3.63, 3.8) is 0 Å². The molecule has 1 aromatic carbocycles. The van der Waals surface area contributed by atoms with Crippen LogP contribution in [0.4, 0.5) is 8.78 Å². The molecule has 0 aliphatic heterocycles. The van der Waals surface area contributed by atoms with Crippen LogP contribution < -0.4 is 5.56 Å². The lowest BCUT2D eigenvalue weighted by molar-refractivity contribution is 0.237. The van der Waals surface area contributed by atoms with Crippen molar-refractivity contribution in [1.82, 2.24) is 14.8 Å². The van der Waals surface area contributed by atoms with Gasteiger partial charge in [0.25, 0.3) is 5.56 Å². The standard InChI is InChI=1S/C24H20F2N4O/c1-23(2)15-9-10-24(23,19-8-7-13(12-27)22(31)30(19)3)21-14(15)11-18(28-29-21)20-16(25)5-4-6-17(20)26/h4-8,11,15H,9-10H2,1-3H3/t15-,24-/m0/s1. The van der Waals surface area contributed by atoms with Crippen molar-refractivity contribution in [2.75, 3.05) is 0 Å². The lowest BCUT2D eigenvalue weighted by Crippen LogP contribution is -2.41. The fourth-order valence-corrected chi connectivity index (χ4v) is 5.91. The number of benzene rings is 1. The van der Waals surface area contributed by atoms with Gasteiger partial charge in [0.1, 0.15) is 23.3 Å². The SMILES string of the molecule is Cn1c([C@@]23CC[C@@H](c4cc(-c5c(F)cccc5F)nnc42)C3(C)C)ccc(C#N)c1=O. The molecular formula is C24H20F2N4O. The van der Waals surface area contributed by atoms with Gasteiger partial charge in [-0.1, -0.05) is 19.9 Å². The maximum absolute atomic E-state index is 14.4. The number of hydrogen-bond acceptors (Lipinski definition) is 4. The van der Waals surface area contributed by atoms with E-state index in [0.29, 0.717) is 0 Å². The predicted molar refractivity (Wildman–Crippen MR) is 110 cm³/mol. The molecule has 2 heterocycles. The van der Waals surface area contributed by atoms with Gasteiger partial charge in [0.05, 0.1) is 22.4 Å². The Balaban J connectivity index is 1.76. The van der Waals surface area contributed by atoms with Crippen molar-refractivity contribution in [1.29, 1.82) is 5.26 Å². The van der Waals surface area contributed by atoms with Crippen LogP contribution in [0.1, 0.15) is 55.1 Å². The summed E-state index contributed by atoms with van der Waals surface area (Å²) >= 11 is 0. The number of rotatable bonds is 2. The van der Waals surface area contributed by atoms with Crippen molar-refractivity contribution in [3.05, 3.63) is 80.9 Å². The first kappa shape index (κ1) is 19.6. The summed E-state index contributed by atoms with van der Waals surface area (Å²) in [4.78, 5) is 12.7. The Morgan fingerprint density at radius 1 is 1.16 bits per heavy atom. The van der Waals surface area contributed by atoms with Gasteiger partial charge in [-0.15, -0.1) is 5.10 Å². The summed E-state index contributed by atoms with van der Waals surface area (Å²) in [5, 5.41) is 17.9. The van der Waals surface area contributed by atoms with Gasteiger partial charge < -0.3 is 4.57 Å². The highest BCUT2D eigenvalue weighted by Crippen LogP contribution is 2.69. The zero-order valence-corrected chi connectivity index (χ0v) is 17.4. The molecule has 2 aliphatic carbocycles. The van der Waals surface area contributed by atoms with E-state index in [0.717, 1.165) is 29.8 Å². The third-order valence-electron chi connectivity index (χ3n) is 7.46. The third-order valence-corrected chi connectivity index (χ3v) is 7.46. The molecule has 5 nitrogen and oxygen atoms in total. The largest absolute Gasteiger partial charge is 0.314 e. The monoisotopic (exact) mass is 418 g/mol. The summed E-state index contributed by atoms with van der Waals surface area (Å²) in [5.74, 6) is -1.25. The van der Waals surface area contributed by atoms with Gasteiger partial charge in [-0.2, -0.15) is 10.4 Å². The van der Waals surface area contributed by atoms with E-state index in [1.807, 2.05) is 12.1 Å². The lowest BCUT2D eigenvalue weighted by atomic mass is 9.66. The van der Waals surface area contributed by atoms with E-state index in [-0.39, 0.29) is 33.7 Å². The molecule has 0 spiro atoms. The molecular weight excluding hydrogens is 398 g/mol. The van der Waals surface area contributed by atoms with Crippen molar-refractivity contribution in [3.8, 4) is 17.3 Å². The van der Waals surface area contributed by atoms with Gasteiger partial charge in [0.15, 0.2) is 0 Å². The van der Waals surface area contributed by atoms with E-state index in [4.69, 9.17) is 0 Å². The Bertz CT molecular complexity index is 1330. The van der Waals surface area contributed by atoms with Crippen LogP contribution in [0.3, 0.4) is 0 Å². The molecule has 0 amide bonds. The van der Waals surface area contributed by atoms with E-state index < -0.39 is 17.0 Å². The van der Waals surface area contributed by atoms with Gasteiger partial charge in [-0.3, -0.25) is 4.79 Å². The second-order valence-electron chi connectivity index (χ2n) is 8.96. The summed E-state index contributed by atoms with van der Waals surface area (Å²) in [6.45, 7) is 4.27. The number of nitriles is 1. The number of fused-ring (bicyclic) bond motifs is 5. The molecule has 2 aromatic heterocycles. The number of aromatic nitrogens is 3. The quantitative estimate of drug-likeness (QED) is 0.626. The number of pyridine rings is 1. The zero-order chi connectivity index (χ0) is 22.1. The maximum Gasteiger partial charge on any atom is 0.268 e. The van der Waals surface area contributed by atoms with E-state index in [9.17, 15) is 18.8 Å². The molecule has 3 aromatic rings. The minimum atomic E-state index is -0.680. The van der Waals surface area contributed by atoms with Crippen LogP contribution in [0.5, 0.6) is 0 Å². The fourth-order valence-electron chi connectivity index (χ4n) is 5.91. The van der Waals surface area contributed by atoms with Gasteiger partial charge in [-0.05, 0) is 60.1 Å². The molecule has 2 bridgehead atoms. The summed E-state index contributed by atoms with van der Waals surface area (Å²) in [6, 6.07) is 10.8. The molecule has 0 N–H and O–H groups in total. The molecule has 2 atom stereocenters. The lowest BCUT2D eigenvalue weighted by Gasteiger charge is -2.39. The summed E-state index contributed by atoms with van der Waals surface area (Å²) < 4.78 is 30.3. The minimum Gasteiger partial charge on any atom is -0.314 e. The van der Waals surface area contributed by atoms with Gasteiger partial charge in [0, 0.05) is 12.7 Å². The Labute approximate surface area is 178 Å². The average molecular weight is 418 g/mol. The van der Waals surface area contributed by atoms with Crippen LogP contribution in [0.2, 0.25) is 0 Å². The van der Waals surface area contributed by atoms with Gasteiger partial charge >= 0.3 is 0 Å². The predicted octanol–water partition coefficient (Wildman–Crippen LogP) is 4.20. The van der Waals surface area contributed by atoms with Crippen LogP contribution in [0.25, 0.3) is 11.3 Å². The minimum absolute atomic E-state index is 0.0877. The number of nitrogens with zero attached hydrogens (tertiary/aromatic N) is 4. The first-order chi connectivity index (χ1) is 14.7. The van der Waals surface area contributed by atoms with Crippen LogP contribution in [0.15, 0.2) is 41.2 Å². The normalized spacial score (nSPS) is 22.9. The van der Waals surface area contributed by atoms with Crippen LogP contribution in [-0.4, -0.2) is 14.8 Å². The molecule has 5 rings (SSSR count). The Hall–Kier alpha value is -3.40. The number of halogens is 2. The highest BCUT2D eigenvalue weighted by Gasteiger charge is 2.65. The second-order valence-corrected chi connectivity index (χ2v) is 8.96. The summed E-state index contributed by atoms with van der Waals surface area (Å²) in [5.41, 5.74) is 1.30. The van der Waals surface area contributed by atoms with E-state index >= 15 is 0 Å². The van der Waals surface area contributed by atoms with Crippen molar-refractivity contribution >= 4 is 0 Å². The van der Waals surface area contributed by atoms with Crippen LogP contribution >= 0.6 is 0 Å². The molecule has 0 radical (unpaired) electrons. The van der Waals surface area contributed by atoms with Crippen LogP contribution in [-0.2, 0) is 12.5 Å². The molecule has 7 heteroatoms. The molecule has 1 saturated carbocycles. The Morgan fingerprint density at radius 2 is 1.87 bits per heavy atom. The average Bonchev–Trinajstić information content (AvgIpc) is 3.11. The molecule has 31 heavy (non-hydrogen) atoms. The van der Waals surface area contributed by atoms with E-state index in [2.05, 4.69) is 24.0 Å². The maximum atomic E-state index is 14.4. The van der Waals surface area contributed by atoms with Crippen molar-refractivity contribution in [2.45, 2.75) is 38.0 Å². The van der Waals surface area contributed by atoms with Crippen molar-refractivity contribution in [2.24, 2.45) is 12.5 Å².